The van der Waals surface area contributed by atoms with Crippen LogP contribution >= 0.6 is 0 Å². The molecule has 1 saturated heterocycles. The predicted octanol–water partition coefficient (Wildman–Crippen LogP) is 1.05. The van der Waals surface area contributed by atoms with E-state index in [1.165, 1.54) is 10.5 Å². The standard InChI is InChI=1S/C13H21N3O3S/c1-3-6-15-11-4-7-14-9-12(11)20(18,19)16-8-5-13(2,17)10-16/h4,7,9,17H,3,5-6,8,10H2,1-2H3,(H,14,15). The van der Waals surface area contributed by atoms with E-state index in [1.807, 2.05) is 6.92 Å². The third kappa shape index (κ3) is 3.11. The van der Waals surface area contributed by atoms with Gasteiger partial charge in [0.25, 0.3) is 0 Å². The SMILES string of the molecule is CCCNc1ccncc1S(=O)(=O)N1CCC(C)(O)C1. The van der Waals surface area contributed by atoms with Gasteiger partial charge in [0.15, 0.2) is 0 Å². The molecule has 0 bridgehead atoms. The van der Waals surface area contributed by atoms with Crippen LogP contribution in [0.1, 0.15) is 26.7 Å². The maximum Gasteiger partial charge on any atom is 0.246 e. The number of hydrogen-bond acceptors (Lipinski definition) is 5. The van der Waals surface area contributed by atoms with Crippen LogP contribution in [0.2, 0.25) is 0 Å². The van der Waals surface area contributed by atoms with Crippen molar-refractivity contribution in [3.8, 4) is 0 Å². The molecule has 1 fully saturated rings. The highest BCUT2D eigenvalue weighted by molar-refractivity contribution is 7.89. The Balaban J connectivity index is 2.30. The Morgan fingerprint density at radius 2 is 2.30 bits per heavy atom. The van der Waals surface area contributed by atoms with Crippen LogP contribution in [-0.2, 0) is 10.0 Å². The first-order valence-electron chi connectivity index (χ1n) is 6.77. The Hall–Kier alpha value is -1.18. The van der Waals surface area contributed by atoms with E-state index in [0.29, 0.717) is 25.2 Å². The first-order chi connectivity index (χ1) is 9.37. The maximum atomic E-state index is 12.6. The fourth-order valence-electron chi connectivity index (χ4n) is 2.24. The van der Waals surface area contributed by atoms with Crippen molar-refractivity contribution in [1.29, 1.82) is 0 Å². The van der Waals surface area contributed by atoms with Crippen molar-refractivity contribution in [2.75, 3.05) is 25.0 Å². The van der Waals surface area contributed by atoms with E-state index in [0.717, 1.165) is 6.42 Å². The van der Waals surface area contributed by atoms with E-state index < -0.39 is 15.6 Å². The second-order valence-electron chi connectivity index (χ2n) is 5.38. The third-order valence-corrected chi connectivity index (χ3v) is 5.26. The van der Waals surface area contributed by atoms with Crippen LogP contribution in [0.15, 0.2) is 23.4 Å². The number of sulfonamides is 1. The third-order valence-electron chi connectivity index (χ3n) is 3.38. The van der Waals surface area contributed by atoms with Crippen molar-refractivity contribution in [2.45, 2.75) is 37.2 Å². The molecule has 1 atom stereocenters. The molecule has 20 heavy (non-hydrogen) atoms. The van der Waals surface area contributed by atoms with E-state index in [4.69, 9.17) is 0 Å². The molecule has 0 aliphatic carbocycles. The summed E-state index contributed by atoms with van der Waals surface area (Å²) in [6.07, 6.45) is 4.28. The lowest BCUT2D eigenvalue weighted by molar-refractivity contribution is 0.0762. The zero-order chi connectivity index (χ0) is 14.8. The lowest BCUT2D eigenvalue weighted by Gasteiger charge is -2.20. The number of nitrogens with zero attached hydrogens (tertiary/aromatic N) is 2. The molecular weight excluding hydrogens is 278 g/mol. The zero-order valence-electron chi connectivity index (χ0n) is 11.8. The van der Waals surface area contributed by atoms with Crippen LogP contribution in [0.5, 0.6) is 0 Å². The van der Waals surface area contributed by atoms with Gasteiger partial charge in [0, 0.05) is 32.0 Å². The average molecular weight is 299 g/mol. The minimum Gasteiger partial charge on any atom is -0.389 e. The van der Waals surface area contributed by atoms with E-state index in [1.54, 1.807) is 19.2 Å². The minimum absolute atomic E-state index is 0.122. The fourth-order valence-corrected chi connectivity index (χ4v) is 3.91. The molecule has 1 aromatic rings. The Labute approximate surface area is 119 Å². The summed E-state index contributed by atoms with van der Waals surface area (Å²) in [4.78, 5) is 4.09. The van der Waals surface area contributed by atoms with E-state index in [-0.39, 0.29) is 11.4 Å². The topological polar surface area (TPSA) is 82.5 Å². The van der Waals surface area contributed by atoms with Gasteiger partial charge in [0.2, 0.25) is 10.0 Å². The normalized spacial score (nSPS) is 23.9. The summed E-state index contributed by atoms with van der Waals surface area (Å²) >= 11 is 0. The molecule has 0 aromatic carbocycles. The summed E-state index contributed by atoms with van der Waals surface area (Å²) in [6.45, 7) is 4.82. The molecule has 2 heterocycles. The predicted molar refractivity (Wildman–Crippen MR) is 77.0 cm³/mol. The van der Waals surface area contributed by atoms with Crippen molar-refractivity contribution in [2.24, 2.45) is 0 Å². The van der Waals surface area contributed by atoms with Crippen molar-refractivity contribution >= 4 is 15.7 Å². The van der Waals surface area contributed by atoms with Crippen molar-refractivity contribution in [3.05, 3.63) is 18.5 Å². The molecule has 112 valence electrons. The summed E-state index contributed by atoms with van der Waals surface area (Å²) in [6, 6.07) is 1.66. The van der Waals surface area contributed by atoms with E-state index in [9.17, 15) is 13.5 Å². The van der Waals surface area contributed by atoms with Gasteiger partial charge in [-0.25, -0.2) is 8.42 Å². The Morgan fingerprint density at radius 1 is 1.55 bits per heavy atom. The van der Waals surface area contributed by atoms with Crippen molar-refractivity contribution in [3.63, 3.8) is 0 Å². The molecule has 1 aromatic heterocycles. The number of anilines is 1. The number of aromatic nitrogens is 1. The molecule has 0 amide bonds. The number of rotatable bonds is 5. The van der Waals surface area contributed by atoms with E-state index >= 15 is 0 Å². The monoisotopic (exact) mass is 299 g/mol. The lowest BCUT2D eigenvalue weighted by atomic mass is 10.1. The van der Waals surface area contributed by atoms with Gasteiger partial charge in [-0.05, 0) is 25.8 Å². The van der Waals surface area contributed by atoms with Crippen LogP contribution in [0, 0.1) is 0 Å². The molecule has 1 aliphatic rings. The lowest BCUT2D eigenvalue weighted by Crippen LogP contribution is -2.34. The number of hydrogen-bond donors (Lipinski definition) is 2. The minimum atomic E-state index is -3.62. The van der Waals surface area contributed by atoms with Gasteiger partial charge in [0.1, 0.15) is 4.90 Å². The maximum absolute atomic E-state index is 12.6. The number of nitrogens with one attached hydrogen (secondary N) is 1. The van der Waals surface area contributed by atoms with Gasteiger partial charge >= 0.3 is 0 Å². The van der Waals surface area contributed by atoms with Crippen LogP contribution < -0.4 is 5.32 Å². The molecule has 2 rings (SSSR count). The fraction of sp³-hybridized carbons (Fsp3) is 0.615. The highest BCUT2D eigenvalue weighted by Gasteiger charge is 2.39. The van der Waals surface area contributed by atoms with Crippen LogP contribution in [0.25, 0.3) is 0 Å². The average Bonchev–Trinajstić information content (AvgIpc) is 2.78. The Kier molecular flexibility index (Phi) is 4.31. The number of aliphatic hydroxyl groups is 1. The highest BCUT2D eigenvalue weighted by Crippen LogP contribution is 2.29. The summed E-state index contributed by atoms with van der Waals surface area (Å²) in [5.74, 6) is 0. The molecule has 1 aliphatic heterocycles. The summed E-state index contributed by atoms with van der Waals surface area (Å²) in [5.41, 5.74) is -0.389. The molecule has 1 unspecified atom stereocenters. The zero-order valence-corrected chi connectivity index (χ0v) is 12.7. The van der Waals surface area contributed by atoms with Gasteiger partial charge in [-0.15, -0.1) is 0 Å². The van der Waals surface area contributed by atoms with Gasteiger partial charge in [-0.2, -0.15) is 4.31 Å². The van der Waals surface area contributed by atoms with Crippen molar-refractivity contribution < 1.29 is 13.5 Å². The molecule has 2 N–H and O–H groups in total. The summed E-state index contributed by atoms with van der Waals surface area (Å²) < 4.78 is 26.6. The van der Waals surface area contributed by atoms with Crippen LogP contribution in [0.4, 0.5) is 5.69 Å². The Bertz CT molecular complexity index is 572. The number of pyridine rings is 1. The quantitative estimate of drug-likeness (QED) is 0.849. The molecule has 0 saturated carbocycles. The van der Waals surface area contributed by atoms with Gasteiger partial charge in [-0.3, -0.25) is 4.98 Å². The van der Waals surface area contributed by atoms with Crippen LogP contribution in [0.3, 0.4) is 0 Å². The first kappa shape index (κ1) is 15.2. The molecule has 6 nitrogen and oxygen atoms in total. The van der Waals surface area contributed by atoms with Crippen LogP contribution in [-0.4, -0.2) is 48.0 Å². The van der Waals surface area contributed by atoms with E-state index in [2.05, 4.69) is 10.3 Å². The molecule has 0 radical (unpaired) electrons. The molecular formula is C13H21N3O3S. The second-order valence-corrected chi connectivity index (χ2v) is 7.29. The smallest absolute Gasteiger partial charge is 0.246 e. The first-order valence-corrected chi connectivity index (χ1v) is 8.21. The van der Waals surface area contributed by atoms with Gasteiger partial charge < -0.3 is 10.4 Å². The number of β-amino-alcohol motifs (C(OH)–C–C–N with tert-alkyl or cyclic N) is 1. The Morgan fingerprint density at radius 3 is 2.90 bits per heavy atom. The summed E-state index contributed by atoms with van der Waals surface area (Å²) in [5, 5.41) is 13.1. The molecule has 0 spiro atoms. The molecule has 7 heteroatoms. The highest BCUT2D eigenvalue weighted by atomic mass is 32.2. The van der Waals surface area contributed by atoms with Gasteiger partial charge in [0.05, 0.1) is 11.3 Å². The summed E-state index contributed by atoms with van der Waals surface area (Å²) in [7, 11) is -3.62. The van der Waals surface area contributed by atoms with Gasteiger partial charge in [-0.1, -0.05) is 6.92 Å². The van der Waals surface area contributed by atoms with Crippen molar-refractivity contribution in [1.82, 2.24) is 9.29 Å². The largest absolute Gasteiger partial charge is 0.389 e. The second kappa shape index (κ2) is 5.67.